The van der Waals surface area contributed by atoms with Crippen molar-refractivity contribution in [2.45, 2.75) is 11.3 Å². The molecule has 4 rings (SSSR count). The van der Waals surface area contributed by atoms with Gasteiger partial charge in [0.1, 0.15) is 12.4 Å². The highest BCUT2D eigenvalue weighted by Crippen LogP contribution is 2.31. The molecule has 0 radical (unpaired) electrons. The normalized spacial score (nSPS) is 15.2. The van der Waals surface area contributed by atoms with Gasteiger partial charge in [-0.15, -0.1) is 5.10 Å². The van der Waals surface area contributed by atoms with Gasteiger partial charge in [0.25, 0.3) is 0 Å². The first-order chi connectivity index (χ1) is 14.1. The van der Waals surface area contributed by atoms with Crippen LogP contribution in [0, 0.1) is 5.82 Å². The maximum atomic E-state index is 13.8. The van der Waals surface area contributed by atoms with E-state index in [-0.39, 0.29) is 23.6 Å². The second-order valence-corrected chi connectivity index (χ2v) is 7.45. The number of ether oxygens (including phenoxy) is 2. The molecule has 0 fully saturated rings. The molecule has 0 saturated heterocycles. The average Bonchev–Trinajstić information content (AvgIpc) is 3.21. The van der Waals surface area contributed by atoms with Gasteiger partial charge >= 0.3 is 0 Å². The lowest BCUT2D eigenvalue weighted by atomic mass is 10.2. The summed E-state index contributed by atoms with van der Waals surface area (Å²) >= 11 is 1.19. The number of nitrogens with zero attached hydrogens (tertiary/aromatic N) is 3. The summed E-state index contributed by atoms with van der Waals surface area (Å²) in [5, 5.41) is 7.14. The van der Waals surface area contributed by atoms with Gasteiger partial charge in [0.15, 0.2) is 23.4 Å². The van der Waals surface area contributed by atoms with Crippen LogP contribution in [0.1, 0.15) is 0 Å². The monoisotopic (exact) mass is 414 g/mol. The molecule has 1 atom stereocenters. The lowest BCUT2D eigenvalue weighted by Crippen LogP contribution is -2.42. The number of H-pyrrole nitrogens is 1. The number of aromatic nitrogens is 3. The number of halogens is 1. The fraction of sp³-hybridized carbons (Fsp3) is 0.250. The van der Waals surface area contributed by atoms with Crippen LogP contribution in [0.3, 0.4) is 0 Å². The summed E-state index contributed by atoms with van der Waals surface area (Å²) in [6, 6.07) is 13.8. The van der Waals surface area contributed by atoms with Gasteiger partial charge in [0.2, 0.25) is 11.1 Å². The number of carbonyl (C=O) groups excluding carboxylic acids is 1. The van der Waals surface area contributed by atoms with Crippen molar-refractivity contribution in [3.8, 4) is 22.9 Å². The molecule has 0 aliphatic carbocycles. The first-order valence-corrected chi connectivity index (χ1v) is 10.0. The Hall–Kier alpha value is -3.07. The van der Waals surface area contributed by atoms with Crippen LogP contribution in [-0.2, 0) is 4.79 Å². The Kier molecular flexibility index (Phi) is 5.66. The molecular formula is C20H19FN4O3S. The van der Waals surface area contributed by atoms with Crippen LogP contribution in [-0.4, -0.2) is 58.0 Å². The number of rotatable bonds is 6. The number of thioether (sulfide) groups is 1. The maximum absolute atomic E-state index is 13.8. The van der Waals surface area contributed by atoms with Gasteiger partial charge < -0.3 is 14.4 Å². The Balaban J connectivity index is 1.29. The molecule has 29 heavy (non-hydrogen) atoms. The number of benzene rings is 2. The summed E-state index contributed by atoms with van der Waals surface area (Å²) in [6.07, 6.45) is -0.236. The van der Waals surface area contributed by atoms with Crippen molar-refractivity contribution in [2.24, 2.45) is 0 Å². The van der Waals surface area contributed by atoms with Crippen molar-refractivity contribution in [3.05, 3.63) is 54.3 Å². The molecule has 1 N–H and O–H groups in total. The van der Waals surface area contributed by atoms with E-state index in [1.54, 1.807) is 30.1 Å². The summed E-state index contributed by atoms with van der Waals surface area (Å²) < 4.78 is 25.4. The number of para-hydroxylation sites is 2. The van der Waals surface area contributed by atoms with E-state index in [0.29, 0.717) is 41.2 Å². The Morgan fingerprint density at radius 1 is 1.24 bits per heavy atom. The van der Waals surface area contributed by atoms with Crippen molar-refractivity contribution in [1.29, 1.82) is 0 Å². The van der Waals surface area contributed by atoms with Gasteiger partial charge in [-0.25, -0.2) is 9.37 Å². The van der Waals surface area contributed by atoms with Crippen molar-refractivity contribution >= 4 is 17.7 Å². The molecule has 1 amide bonds. The van der Waals surface area contributed by atoms with Crippen LogP contribution in [0.15, 0.2) is 53.7 Å². The summed E-state index contributed by atoms with van der Waals surface area (Å²) in [7, 11) is 1.72. The molecule has 2 aromatic carbocycles. The molecular weight excluding hydrogens is 395 g/mol. The fourth-order valence-electron chi connectivity index (χ4n) is 2.88. The smallest absolute Gasteiger partial charge is 0.232 e. The van der Waals surface area contributed by atoms with Crippen molar-refractivity contribution in [3.63, 3.8) is 0 Å². The summed E-state index contributed by atoms with van der Waals surface area (Å²) in [5.74, 6) is 1.42. The molecule has 1 unspecified atom stereocenters. The first kappa shape index (κ1) is 19.3. The topological polar surface area (TPSA) is 80.3 Å². The maximum Gasteiger partial charge on any atom is 0.232 e. The van der Waals surface area contributed by atoms with E-state index in [2.05, 4.69) is 15.2 Å². The quantitative estimate of drug-likeness (QED) is 0.625. The standard InChI is InChI=1S/C20H19FN4O3S/c1-25(10-13-11-27-16-8-4-5-9-17(16)28-13)18(26)12-29-20-22-19(23-24-20)14-6-2-3-7-15(14)21/h2-9,13H,10-12H2,1H3,(H,22,23,24). The number of hydrogen-bond acceptors (Lipinski definition) is 6. The molecule has 1 aliphatic heterocycles. The number of aromatic amines is 1. The number of nitrogens with one attached hydrogen (secondary N) is 1. The highest BCUT2D eigenvalue weighted by Gasteiger charge is 2.24. The first-order valence-electron chi connectivity index (χ1n) is 9.02. The highest BCUT2D eigenvalue weighted by molar-refractivity contribution is 7.99. The molecule has 9 heteroatoms. The van der Waals surface area contributed by atoms with Gasteiger partial charge in [0.05, 0.1) is 17.9 Å². The van der Waals surface area contributed by atoms with Crippen molar-refractivity contribution < 1.29 is 18.7 Å². The van der Waals surface area contributed by atoms with Crippen LogP contribution in [0.5, 0.6) is 11.5 Å². The Labute approximate surface area is 171 Å². The van der Waals surface area contributed by atoms with Crippen LogP contribution in [0.25, 0.3) is 11.4 Å². The molecule has 1 aromatic heterocycles. The predicted octanol–water partition coefficient (Wildman–Crippen LogP) is 3.00. The van der Waals surface area contributed by atoms with Crippen LogP contribution in [0.2, 0.25) is 0 Å². The minimum Gasteiger partial charge on any atom is -0.486 e. The van der Waals surface area contributed by atoms with Crippen LogP contribution >= 0.6 is 11.8 Å². The van der Waals surface area contributed by atoms with Crippen molar-refractivity contribution in [1.82, 2.24) is 20.1 Å². The van der Waals surface area contributed by atoms with E-state index in [9.17, 15) is 9.18 Å². The molecule has 0 saturated carbocycles. The Bertz CT molecular complexity index is 1010. The predicted molar refractivity (Wildman–Crippen MR) is 106 cm³/mol. The zero-order chi connectivity index (χ0) is 20.2. The van der Waals surface area contributed by atoms with E-state index in [0.717, 1.165) is 0 Å². The summed E-state index contributed by atoms with van der Waals surface area (Å²) in [6.45, 7) is 0.789. The minimum absolute atomic E-state index is 0.0882. The molecule has 0 bridgehead atoms. The molecule has 3 aromatic rings. The number of carbonyl (C=O) groups is 1. The molecule has 0 spiro atoms. The van der Waals surface area contributed by atoms with Gasteiger partial charge in [-0.3, -0.25) is 9.89 Å². The molecule has 1 aliphatic rings. The largest absolute Gasteiger partial charge is 0.486 e. The molecule has 150 valence electrons. The van der Waals surface area contributed by atoms with E-state index in [1.807, 2.05) is 24.3 Å². The van der Waals surface area contributed by atoms with Crippen LogP contribution < -0.4 is 9.47 Å². The number of likely N-dealkylation sites (N-methyl/N-ethyl adjacent to an activating group) is 1. The van der Waals surface area contributed by atoms with Crippen LogP contribution in [0.4, 0.5) is 4.39 Å². The zero-order valence-electron chi connectivity index (χ0n) is 15.7. The number of fused-ring (bicyclic) bond motifs is 1. The minimum atomic E-state index is -0.382. The SMILES string of the molecule is CN(CC1COc2ccccc2O1)C(=O)CSc1n[nH]c(-c2ccccc2F)n1. The average molecular weight is 414 g/mol. The Morgan fingerprint density at radius 2 is 2.00 bits per heavy atom. The second-order valence-electron chi connectivity index (χ2n) is 6.51. The van der Waals surface area contributed by atoms with Crippen molar-refractivity contribution in [2.75, 3.05) is 26.0 Å². The van der Waals surface area contributed by atoms with E-state index in [4.69, 9.17) is 9.47 Å². The molecule has 2 heterocycles. The molecule has 7 nitrogen and oxygen atoms in total. The van der Waals surface area contributed by atoms with Gasteiger partial charge in [-0.1, -0.05) is 36.0 Å². The lowest BCUT2D eigenvalue weighted by Gasteiger charge is -2.29. The van der Waals surface area contributed by atoms with E-state index >= 15 is 0 Å². The lowest BCUT2D eigenvalue weighted by molar-refractivity contribution is -0.128. The fourth-order valence-corrected chi connectivity index (χ4v) is 3.62. The third kappa shape index (κ3) is 4.51. The number of hydrogen-bond donors (Lipinski definition) is 1. The van der Waals surface area contributed by atoms with Gasteiger partial charge in [-0.05, 0) is 24.3 Å². The highest BCUT2D eigenvalue weighted by atomic mass is 32.2. The van der Waals surface area contributed by atoms with E-state index < -0.39 is 0 Å². The summed E-state index contributed by atoms with van der Waals surface area (Å²) in [4.78, 5) is 18.3. The number of amides is 1. The summed E-state index contributed by atoms with van der Waals surface area (Å²) in [5.41, 5.74) is 0.338. The third-order valence-corrected chi connectivity index (χ3v) is 5.22. The zero-order valence-corrected chi connectivity index (χ0v) is 16.5. The van der Waals surface area contributed by atoms with Gasteiger partial charge in [0, 0.05) is 7.05 Å². The second kappa shape index (κ2) is 8.52. The van der Waals surface area contributed by atoms with Gasteiger partial charge in [-0.2, -0.15) is 0 Å². The Morgan fingerprint density at radius 3 is 2.83 bits per heavy atom. The third-order valence-electron chi connectivity index (χ3n) is 4.39. The van der Waals surface area contributed by atoms with E-state index in [1.165, 1.54) is 17.8 Å².